The first-order valence-corrected chi connectivity index (χ1v) is 12.5. The monoisotopic (exact) mass is 546 g/mol. The van der Waals surface area contributed by atoms with Crippen LogP contribution in [-0.4, -0.2) is 49.6 Å². The molecular weight excluding hydrogens is 516 g/mol. The number of esters is 2. The Hall–Kier alpha value is -4.86. The first kappa shape index (κ1) is 28.2. The smallest absolute Gasteiger partial charge is 0.344 e. The van der Waals surface area contributed by atoms with E-state index in [9.17, 15) is 19.2 Å². The van der Waals surface area contributed by atoms with Crippen LogP contribution in [0, 0.1) is 0 Å². The molecule has 1 heterocycles. The van der Waals surface area contributed by atoms with E-state index in [-0.39, 0.29) is 47.2 Å². The molecular formula is C30H30N2O8. The molecule has 1 N–H and O–H groups in total. The molecule has 4 rings (SSSR count). The molecule has 0 aromatic heterocycles. The van der Waals surface area contributed by atoms with Crippen LogP contribution in [0.2, 0.25) is 0 Å². The number of benzene rings is 3. The molecule has 1 aliphatic heterocycles. The summed E-state index contributed by atoms with van der Waals surface area (Å²) in [6, 6.07) is 18.3. The van der Waals surface area contributed by atoms with Crippen molar-refractivity contribution < 1.29 is 38.1 Å². The van der Waals surface area contributed by atoms with Crippen molar-refractivity contribution in [1.82, 2.24) is 5.32 Å². The van der Waals surface area contributed by atoms with Crippen LogP contribution in [0.3, 0.4) is 0 Å². The lowest BCUT2D eigenvalue weighted by molar-refractivity contribution is -0.147. The minimum atomic E-state index is -0.629. The molecule has 0 saturated heterocycles. The number of methoxy groups -OCH3 is 1. The Balaban J connectivity index is 1.63. The Morgan fingerprint density at radius 1 is 0.950 bits per heavy atom. The first-order valence-electron chi connectivity index (χ1n) is 12.5. The average Bonchev–Trinajstić information content (AvgIpc) is 3.03. The Morgan fingerprint density at radius 3 is 2.40 bits per heavy atom. The average molecular weight is 547 g/mol. The van der Waals surface area contributed by atoms with Gasteiger partial charge in [0, 0.05) is 5.54 Å². The van der Waals surface area contributed by atoms with Crippen molar-refractivity contribution in [2.45, 2.75) is 32.9 Å². The lowest BCUT2D eigenvalue weighted by Crippen LogP contribution is -2.47. The first-order chi connectivity index (χ1) is 19.1. The van der Waals surface area contributed by atoms with Gasteiger partial charge in [0.2, 0.25) is 5.91 Å². The number of hydrogen-bond acceptors (Lipinski definition) is 8. The van der Waals surface area contributed by atoms with E-state index in [0.717, 1.165) is 5.56 Å². The number of nitrogens with one attached hydrogen (secondary N) is 1. The molecule has 10 nitrogen and oxygen atoms in total. The third kappa shape index (κ3) is 6.76. The Bertz CT molecular complexity index is 1430. The number of fused-ring (bicyclic) bond motifs is 2. The van der Waals surface area contributed by atoms with Crippen LogP contribution in [0.4, 0.5) is 5.69 Å². The second-order valence-corrected chi connectivity index (χ2v) is 10.0. The predicted octanol–water partition coefficient (Wildman–Crippen LogP) is 4.26. The number of amides is 2. The Morgan fingerprint density at radius 2 is 1.70 bits per heavy atom. The molecule has 0 spiro atoms. The van der Waals surface area contributed by atoms with E-state index in [4.69, 9.17) is 18.9 Å². The highest BCUT2D eigenvalue weighted by Crippen LogP contribution is 2.42. The molecule has 208 valence electrons. The van der Waals surface area contributed by atoms with Gasteiger partial charge in [0.1, 0.15) is 30.2 Å². The highest BCUT2D eigenvalue weighted by atomic mass is 16.6. The minimum absolute atomic E-state index is 0.0118. The fraction of sp³-hybridized carbons (Fsp3) is 0.267. The number of hydrogen-bond donors (Lipinski definition) is 1. The molecule has 3 aromatic carbocycles. The van der Waals surface area contributed by atoms with E-state index in [0.29, 0.717) is 0 Å². The SMILES string of the molecule is COC(=O)c1ccc2c(c1)N(CC(=O)NC(C)(C)C)C(=O)c1c(OCC(=O)OCc3ccccc3)cccc1O2. The number of carbonyl (C=O) groups excluding carboxylic acids is 4. The van der Waals surface area contributed by atoms with Gasteiger partial charge in [-0.1, -0.05) is 36.4 Å². The van der Waals surface area contributed by atoms with Gasteiger partial charge >= 0.3 is 11.9 Å². The van der Waals surface area contributed by atoms with Crippen molar-refractivity contribution in [2.24, 2.45) is 0 Å². The number of nitrogens with zero attached hydrogens (tertiary/aromatic N) is 1. The quantitative estimate of drug-likeness (QED) is 0.416. The third-order valence-corrected chi connectivity index (χ3v) is 5.74. The van der Waals surface area contributed by atoms with Gasteiger partial charge < -0.3 is 24.3 Å². The summed E-state index contributed by atoms with van der Waals surface area (Å²) in [5, 5.41) is 2.84. The molecule has 0 atom stereocenters. The van der Waals surface area contributed by atoms with Crippen molar-refractivity contribution in [3.05, 3.63) is 83.4 Å². The summed E-state index contributed by atoms with van der Waals surface area (Å²) < 4.78 is 21.9. The van der Waals surface area contributed by atoms with E-state index < -0.39 is 35.9 Å². The third-order valence-electron chi connectivity index (χ3n) is 5.74. The van der Waals surface area contributed by atoms with Crippen molar-refractivity contribution in [3.8, 4) is 17.2 Å². The second kappa shape index (κ2) is 11.9. The molecule has 10 heteroatoms. The van der Waals surface area contributed by atoms with E-state index in [1.54, 1.807) is 12.1 Å². The molecule has 40 heavy (non-hydrogen) atoms. The van der Waals surface area contributed by atoms with Gasteiger partial charge in [0.15, 0.2) is 12.4 Å². The fourth-order valence-electron chi connectivity index (χ4n) is 4.02. The van der Waals surface area contributed by atoms with E-state index in [1.807, 2.05) is 51.1 Å². The normalized spacial score (nSPS) is 12.3. The van der Waals surface area contributed by atoms with Gasteiger partial charge in [0.05, 0.1) is 18.4 Å². The molecule has 1 aliphatic rings. The maximum atomic E-state index is 14.0. The molecule has 0 fully saturated rings. The number of anilines is 1. The maximum absolute atomic E-state index is 14.0. The maximum Gasteiger partial charge on any atom is 0.344 e. The molecule has 2 amide bonds. The Kier molecular flexibility index (Phi) is 8.37. The number of ether oxygens (including phenoxy) is 4. The summed E-state index contributed by atoms with van der Waals surface area (Å²) in [6.45, 7) is 4.70. The topological polar surface area (TPSA) is 120 Å². The van der Waals surface area contributed by atoms with Crippen molar-refractivity contribution in [1.29, 1.82) is 0 Å². The van der Waals surface area contributed by atoms with Crippen LogP contribution in [0.1, 0.15) is 47.1 Å². The highest BCUT2D eigenvalue weighted by molar-refractivity contribution is 6.14. The van der Waals surface area contributed by atoms with Gasteiger partial charge in [0.25, 0.3) is 5.91 Å². The van der Waals surface area contributed by atoms with Gasteiger partial charge in [-0.2, -0.15) is 0 Å². The molecule has 0 bridgehead atoms. The van der Waals surface area contributed by atoms with E-state index >= 15 is 0 Å². The Labute approximate surface area is 231 Å². The summed E-state index contributed by atoms with van der Waals surface area (Å²) in [5.41, 5.74) is 0.647. The molecule has 0 radical (unpaired) electrons. The van der Waals surface area contributed by atoms with Gasteiger partial charge in [-0.25, -0.2) is 9.59 Å². The van der Waals surface area contributed by atoms with Crippen LogP contribution >= 0.6 is 0 Å². The summed E-state index contributed by atoms with van der Waals surface area (Å²) in [7, 11) is 1.24. The zero-order valence-corrected chi connectivity index (χ0v) is 22.7. The van der Waals surface area contributed by atoms with Crippen LogP contribution in [-0.2, 0) is 25.7 Å². The van der Waals surface area contributed by atoms with Crippen LogP contribution in [0.25, 0.3) is 0 Å². The number of carbonyl (C=O) groups is 4. The second-order valence-electron chi connectivity index (χ2n) is 10.0. The predicted molar refractivity (Wildman–Crippen MR) is 146 cm³/mol. The molecule has 3 aromatic rings. The van der Waals surface area contributed by atoms with Crippen molar-refractivity contribution >= 4 is 29.4 Å². The summed E-state index contributed by atoms with van der Waals surface area (Å²) in [5.74, 6) is -1.82. The standard InChI is InChI=1S/C30H30N2O8/c1-30(2,3)31-25(33)16-32-21-15-20(29(36)37-4)13-14-22(21)40-24-12-8-11-23(27(24)28(32)35)38-18-26(34)39-17-19-9-6-5-7-10-19/h5-15H,16-18H2,1-4H3,(H,31,33). The van der Waals surface area contributed by atoms with Crippen molar-refractivity contribution in [3.63, 3.8) is 0 Å². The zero-order valence-electron chi connectivity index (χ0n) is 22.7. The van der Waals surface area contributed by atoms with E-state index in [2.05, 4.69) is 5.32 Å². The lowest BCUT2D eigenvalue weighted by Gasteiger charge is -2.26. The lowest BCUT2D eigenvalue weighted by atomic mass is 10.1. The summed E-state index contributed by atoms with van der Waals surface area (Å²) in [4.78, 5) is 52.8. The molecule has 0 saturated carbocycles. The molecule has 0 aliphatic carbocycles. The fourth-order valence-corrected chi connectivity index (χ4v) is 4.02. The van der Waals surface area contributed by atoms with Gasteiger partial charge in [-0.3, -0.25) is 14.5 Å². The summed E-state index contributed by atoms with van der Waals surface area (Å²) in [6.07, 6.45) is 0. The van der Waals surface area contributed by atoms with Crippen LogP contribution in [0.5, 0.6) is 17.2 Å². The minimum Gasteiger partial charge on any atom is -0.481 e. The van der Waals surface area contributed by atoms with E-state index in [1.165, 1.54) is 36.3 Å². The summed E-state index contributed by atoms with van der Waals surface area (Å²) >= 11 is 0. The van der Waals surface area contributed by atoms with Gasteiger partial charge in [-0.05, 0) is 56.7 Å². The zero-order chi connectivity index (χ0) is 28.9. The molecule has 0 unspecified atom stereocenters. The number of rotatable bonds is 8. The van der Waals surface area contributed by atoms with Gasteiger partial charge in [-0.15, -0.1) is 0 Å². The van der Waals surface area contributed by atoms with Crippen LogP contribution in [0.15, 0.2) is 66.7 Å². The van der Waals surface area contributed by atoms with Crippen molar-refractivity contribution in [2.75, 3.05) is 25.2 Å². The largest absolute Gasteiger partial charge is 0.481 e. The highest BCUT2D eigenvalue weighted by Gasteiger charge is 2.34. The van der Waals surface area contributed by atoms with Crippen LogP contribution < -0.4 is 19.7 Å².